The molecule has 0 saturated heterocycles. The number of rotatable bonds is 4. The molecule has 256 valence electrons. The molecule has 0 amide bonds. The molecule has 12 rings (SSSR count). The molecule has 0 unspecified atom stereocenters. The van der Waals surface area contributed by atoms with Crippen molar-refractivity contribution in [1.82, 2.24) is 4.57 Å². The standard InChI is InChI=1S/C52H32N2O/c1-2-15-36(16-3-1)54-48-29-25-37(31-47(48)45-26-22-33-12-4-8-18-40(33)51(45)54)53(49-30-35-14-6-7-17-39(35)42-20-10-11-21-43(42)49)38-24-28-44-46-27-23-34-13-5-9-19-41(34)52(46)55-50(44)32-38/h1-32H. The average Bonchev–Trinajstić information content (AvgIpc) is 3.80. The monoisotopic (exact) mass is 700 g/mol. The van der Waals surface area contributed by atoms with Crippen LogP contribution in [0, 0.1) is 0 Å². The molecule has 0 spiro atoms. The molecular weight excluding hydrogens is 669 g/mol. The fraction of sp³-hybridized carbons (Fsp3) is 0. The second-order valence-electron chi connectivity index (χ2n) is 14.5. The van der Waals surface area contributed by atoms with Crippen molar-refractivity contribution < 1.29 is 4.42 Å². The Hall–Kier alpha value is -7.36. The van der Waals surface area contributed by atoms with E-state index in [2.05, 4.69) is 204 Å². The molecule has 0 aliphatic carbocycles. The molecule has 0 saturated carbocycles. The summed E-state index contributed by atoms with van der Waals surface area (Å²) in [4.78, 5) is 2.42. The van der Waals surface area contributed by atoms with Crippen molar-refractivity contribution in [2.24, 2.45) is 0 Å². The normalized spacial score (nSPS) is 12.0. The smallest absolute Gasteiger partial charge is 0.143 e. The highest BCUT2D eigenvalue weighted by Gasteiger charge is 2.22. The van der Waals surface area contributed by atoms with Crippen LogP contribution in [0.5, 0.6) is 0 Å². The Balaban J connectivity index is 1.17. The second kappa shape index (κ2) is 11.6. The summed E-state index contributed by atoms with van der Waals surface area (Å²) in [5, 5.41) is 14.3. The molecule has 0 bridgehead atoms. The average molecular weight is 701 g/mol. The highest BCUT2D eigenvalue weighted by molar-refractivity contribution is 6.21. The molecule has 0 fully saturated rings. The van der Waals surface area contributed by atoms with Gasteiger partial charge in [-0.15, -0.1) is 0 Å². The highest BCUT2D eigenvalue weighted by atomic mass is 16.3. The van der Waals surface area contributed by atoms with Gasteiger partial charge in [0.15, 0.2) is 0 Å². The Morgan fingerprint density at radius 1 is 0.364 bits per heavy atom. The molecule has 2 aromatic heterocycles. The van der Waals surface area contributed by atoms with Crippen LogP contribution in [-0.4, -0.2) is 4.57 Å². The molecule has 0 N–H and O–H groups in total. The van der Waals surface area contributed by atoms with Crippen molar-refractivity contribution in [1.29, 1.82) is 0 Å². The first-order valence-corrected chi connectivity index (χ1v) is 18.8. The maximum atomic E-state index is 6.78. The van der Waals surface area contributed by atoms with E-state index < -0.39 is 0 Å². The predicted molar refractivity (Wildman–Crippen MR) is 233 cm³/mol. The number of furan rings is 1. The van der Waals surface area contributed by atoms with E-state index >= 15 is 0 Å². The second-order valence-corrected chi connectivity index (χ2v) is 14.5. The first kappa shape index (κ1) is 30.1. The van der Waals surface area contributed by atoms with Gasteiger partial charge in [-0.1, -0.05) is 133 Å². The summed E-state index contributed by atoms with van der Waals surface area (Å²) in [6.07, 6.45) is 0. The fourth-order valence-corrected chi connectivity index (χ4v) is 9.03. The van der Waals surface area contributed by atoms with Crippen molar-refractivity contribution in [2.75, 3.05) is 4.90 Å². The lowest BCUT2D eigenvalue weighted by Crippen LogP contribution is -2.10. The number of aromatic nitrogens is 1. The zero-order valence-electron chi connectivity index (χ0n) is 29.8. The van der Waals surface area contributed by atoms with Gasteiger partial charge in [-0.05, 0) is 81.5 Å². The Kier molecular flexibility index (Phi) is 6.34. The zero-order valence-corrected chi connectivity index (χ0v) is 29.8. The minimum atomic E-state index is 0.868. The third-order valence-electron chi connectivity index (χ3n) is 11.5. The van der Waals surface area contributed by atoms with Gasteiger partial charge < -0.3 is 13.9 Å². The Bertz CT molecular complexity index is 3500. The maximum absolute atomic E-state index is 6.78. The summed E-state index contributed by atoms with van der Waals surface area (Å²) in [5.41, 5.74) is 8.56. The molecule has 0 aliphatic heterocycles. The lowest BCUT2D eigenvalue weighted by Gasteiger charge is -2.27. The van der Waals surface area contributed by atoms with Crippen molar-refractivity contribution in [3.05, 3.63) is 194 Å². The molecule has 3 nitrogen and oxygen atoms in total. The summed E-state index contributed by atoms with van der Waals surface area (Å²) in [6, 6.07) is 70.3. The number of nitrogens with zero attached hydrogens (tertiary/aromatic N) is 2. The highest BCUT2D eigenvalue weighted by Crippen LogP contribution is 2.46. The van der Waals surface area contributed by atoms with Crippen molar-refractivity contribution in [3.63, 3.8) is 0 Å². The van der Waals surface area contributed by atoms with E-state index in [-0.39, 0.29) is 0 Å². The van der Waals surface area contributed by atoms with Gasteiger partial charge in [0.05, 0.1) is 16.7 Å². The van der Waals surface area contributed by atoms with Crippen LogP contribution in [0.15, 0.2) is 199 Å². The Labute approximate surface area is 316 Å². The van der Waals surface area contributed by atoms with E-state index in [4.69, 9.17) is 4.42 Å². The van der Waals surface area contributed by atoms with E-state index in [9.17, 15) is 0 Å². The number of benzene rings is 10. The van der Waals surface area contributed by atoms with Crippen LogP contribution in [0.25, 0.3) is 92.5 Å². The summed E-state index contributed by atoms with van der Waals surface area (Å²) < 4.78 is 9.21. The van der Waals surface area contributed by atoms with Gasteiger partial charge in [-0.3, -0.25) is 0 Å². The third kappa shape index (κ3) is 4.44. The summed E-state index contributed by atoms with van der Waals surface area (Å²) in [7, 11) is 0. The van der Waals surface area contributed by atoms with E-state index in [0.29, 0.717) is 0 Å². The van der Waals surface area contributed by atoms with Crippen LogP contribution in [0.4, 0.5) is 17.1 Å². The number of para-hydroxylation sites is 1. The summed E-state index contributed by atoms with van der Waals surface area (Å²) in [6.45, 7) is 0. The zero-order chi connectivity index (χ0) is 36.0. The Morgan fingerprint density at radius 3 is 1.78 bits per heavy atom. The number of hydrogen-bond acceptors (Lipinski definition) is 2. The third-order valence-corrected chi connectivity index (χ3v) is 11.5. The van der Waals surface area contributed by atoms with Crippen LogP contribution in [0.2, 0.25) is 0 Å². The van der Waals surface area contributed by atoms with Crippen LogP contribution in [0.3, 0.4) is 0 Å². The number of anilines is 3. The Morgan fingerprint density at radius 2 is 0.964 bits per heavy atom. The van der Waals surface area contributed by atoms with Crippen LogP contribution in [-0.2, 0) is 0 Å². The minimum absolute atomic E-state index is 0.868. The number of hydrogen-bond donors (Lipinski definition) is 0. The fourth-order valence-electron chi connectivity index (χ4n) is 9.03. The maximum Gasteiger partial charge on any atom is 0.143 e. The van der Waals surface area contributed by atoms with Crippen molar-refractivity contribution in [3.8, 4) is 5.69 Å². The van der Waals surface area contributed by atoms with Crippen LogP contribution < -0.4 is 4.90 Å². The van der Waals surface area contributed by atoms with E-state index in [1.165, 1.54) is 59.5 Å². The quantitative estimate of drug-likeness (QED) is 0.170. The largest absolute Gasteiger partial charge is 0.455 e. The summed E-state index contributed by atoms with van der Waals surface area (Å²) in [5.74, 6) is 0. The van der Waals surface area contributed by atoms with Gasteiger partial charge in [0.2, 0.25) is 0 Å². The van der Waals surface area contributed by atoms with Gasteiger partial charge in [-0.25, -0.2) is 0 Å². The molecule has 0 aliphatic rings. The molecule has 12 aromatic rings. The molecule has 3 heteroatoms. The predicted octanol–water partition coefficient (Wildman–Crippen LogP) is 14.8. The van der Waals surface area contributed by atoms with E-state index in [1.54, 1.807) is 0 Å². The van der Waals surface area contributed by atoms with Gasteiger partial charge in [0.1, 0.15) is 11.2 Å². The molecule has 0 radical (unpaired) electrons. The molecular formula is C52H32N2O. The van der Waals surface area contributed by atoms with Gasteiger partial charge >= 0.3 is 0 Å². The lowest BCUT2D eigenvalue weighted by molar-refractivity contribution is 0.673. The van der Waals surface area contributed by atoms with Crippen molar-refractivity contribution in [2.45, 2.75) is 0 Å². The first-order chi connectivity index (χ1) is 27.3. The van der Waals surface area contributed by atoms with Crippen LogP contribution >= 0.6 is 0 Å². The lowest BCUT2D eigenvalue weighted by atomic mass is 9.98. The van der Waals surface area contributed by atoms with Crippen LogP contribution in [0.1, 0.15) is 0 Å². The van der Waals surface area contributed by atoms with E-state index in [0.717, 1.165) is 50.1 Å². The molecule has 0 atom stereocenters. The number of fused-ring (bicyclic) bond motifs is 13. The molecule has 10 aromatic carbocycles. The SMILES string of the molecule is c1ccc(-n2c3ccc(N(c4ccc5c(c4)oc4c6ccccc6ccc54)c4cc5ccccc5c5ccccc45)cc3c3ccc4ccccc4c32)cc1. The van der Waals surface area contributed by atoms with Crippen molar-refractivity contribution >= 4 is 104 Å². The minimum Gasteiger partial charge on any atom is -0.455 e. The summed E-state index contributed by atoms with van der Waals surface area (Å²) >= 11 is 0. The van der Waals surface area contributed by atoms with E-state index in [1.807, 2.05) is 0 Å². The van der Waals surface area contributed by atoms with Gasteiger partial charge in [0.25, 0.3) is 0 Å². The first-order valence-electron chi connectivity index (χ1n) is 18.8. The molecule has 55 heavy (non-hydrogen) atoms. The molecule has 2 heterocycles. The topological polar surface area (TPSA) is 21.3 Å². The van der Waals surface area contributed by atoms with Gasteiger partial charge in [-0.2, -0.15) is 0 Å². The van der Waals surface area contributed by atoms with Gasteiger partial charge in [0, 0.05) is 60.8 Å².